The first-order valence-corrected chi connectivity index (χ1v) is 4.60. The lowest BCUT2D eigenvalue weighted by molar-refractivity contribution is 0.216. The Balaban J connectivity index is 4.18. The lowest BCUT2D eigenvalue weighted by atomic mass is 9.85. The van der Waals surface area contributed by atoms with Crippen LogP contribution in [0.5, 0.6) is 0 Å². The Morgan fingerprint density at radius 3 is 2.31 bits per heavy atom. The Kier molecular flexibility index (Phi) is 4.77. The van der Waals surface area contributed by atoms with Gasteiger partial charge in [0.05, 0.1) is 0 Å². The van der Waals surface area contributed by atoms with E-state index in [4.69, 9.17) is 5.73 Å². The van der Waals surface area contributed by atoms with Crippen LogP contribution in [0.15, 0.2) is 0 Å². The second-order valence-corrected chi connectivity index (χ2v) is 4.22. The summed E-state index contributed by atoms with van der Waals surface area (Å²) in [7, 11) is 1.61. The maximum absolute atomic E-state index is 11.1. The first kappa shape index (κ1) is 12.2. The fourth-order valence-corrected chi connectivity index (χ4v) is 1.12. The molecule has 0 radical (unpaired) electrons. The van der Waals surface area contributed by atoms with Crippen LogP contribution in [-0.2, 0) is 0 Å². The van der Waals surface area contributed by atoms with E-state index in [1.807, 2.05) is 0 Å². The average Bonchev–Trinajstić information content (AvgIpc) is 2.01. The highest BCUT2D eigenvalue weighted by molar-refractivity contribution is 5.73. The van der Waals surface area contributed by atoms with Gasteiger partial charge in [-0.15, -0.1) is 0 Å². The molecule has 0 aromatic rings. The highest BCUT2D eigenvalue weighted by Gasteiger charge is 2.24. The average molecular weight is 187 g/mol. The van der Waals surface area contributed by atoms with Crippen molar-refractivity contribution in [2.45, 2.75) is 33.2 Å². The summed E-state index contributed by atoms with van der Waals surface area (Å²) in [5, 5.41) is 5.41. The monoisotopic (exact) mass is 187 g/mol. The van der Waals surface area contributed by atoms with Gasteiger partial charge in [-0.1, -0.05) is 20.8 Å². The van der Waals surface area contributed by atoms with Gasteiger partial charge in [0.1, 0.15) is 0 Å². The number of carbonyl (C=O) groups excluding carboxylic acids is 1. The van der Waals surface area contributed by atoms with E-state index >= 15 is 0 Å². The number of urea groups is 1. The van der Waals surface area contributed by atoms with Crippen LogP contribution < -0.4 is 16.4 Å². The molecule has 4 heteroatoms. The van der Waals surface area contributed by atoms with E-state index in [0.29, 0.717) is 6.54 Å². The number of rotatable bonds is 3. The summed E-state index contributed by atoms with van der Waals surface area (Å²) in [6, 6.07) is -0.0224. The second-order valence-electron chi connectivity index (χ2n) is 4.22. The van der Waals surface area contributed by atoms with Gasteiger partial charge < -0.3 is 16.4 Å². The minimum atomic E-state index is -0.145. The first-order chi connectivity index (χ1) is 5.91. The molecule has 0 spiro atoms. The van der Waals surface area contributed by atoms with Crippen molar-refractivity contribution in [1.82, 2.24) is 10.6 Å². The first-order valence-electron chi connectivity index (χ1n) is 4.60. The van der Waals surface area contributed by atoms with Crippen molar-refractivity contribution in [3.63, 3.8) is 0 Å². The van der Waals surface area contributed by atoms with Crippen LogP contribution in [0.3, 0.4) is 0 Å². The van der Waals surface area contributed by atoms with Gasteiger partial charge in [-0.2, -0.15) is 0 Å². The quantitative estimate of drug-likeness (QED) is 0.608. The smallest absolute Gasteiger partial charge is 0.314 e. The van der Waals surface area contributed by atoms with Gasteiger partial charge in [0, 0.05) is 13.1 Å². The Morgan fingerprint density at radius 1 is 1.46 bits per heavy atom. The molecule has 0 aromatic heterocycles. The molecule has 0 aliphatic carbocycles. The van der Waals surface area contributed by atoms with Crippen LogP contribution >= 0.6 is 0 Å². The van der Waals surface area contributed by atoms with E-state index in [9.17, 15) is 4.79 Å². The summed E-state index contributed by atoms with van der Waals surface area (Å²) in [5.74, 6) is 0. The fourth-order valence-electron chi connectivity index (χ4n) is 1.12. The zero-order valence-corrected chi connectivity index (χ0v) is 8.98. The molecule has 0 saturated heterocycles. The minimum absolute atomic E-state index is 0.0475. The van der Waals surface area contributed by atoms with Crippen molar-refractivity contribution in [2.75, 3.05) is 13.6 Å². The highest BCUT2D eigenvalue weighted by Crippen LogP contribution is 2.21. The molecule has 2 amide bonds. The van der Waals surface area contributed by atoms with Crippen molar-refractivity contribution in [3.8, 4) is 0 Å². The molecule has 0 aliphatic heterocycles. The molecule has 0 fully saturated rings. The third kappa shape index (κ3) is 4.72. The van der Waals surface area contributed by atoms with E-state index in [-0.39, 0.29) is 17.5 Å². The van der Waals surface area contributed by atoms with Gasteiger partial charge in [-0.25, -0.2) is 4.79 Å². The third-order valence-corrected chi connectivity index (χ3v) is 2.03. The molecular weight excluding hydrogens is 166 g/mol. The highest BCUT2D eigenvalue weighted by atomic mass is 16.2. The lowest BCUT2D eigenvalue weighted by Gasteiger charge is -2.31. The number of nitrogens with one attached hydrogen (secondary N) is 2. The third-order valence-electron chi connectivity index (χ3n) is 2.03. The fraction of sp³-hybridized carbons (Fsp3) is 0.889. The molecule has 0 bridgehead atoms. The van der Waals surface area contributed by atoms with Crippen LogP contribution in [0, 0.1) is 5.41 Å². The zero-order chi connectivity index (χ0) is 10.5. The largest absolute Gasteiger partial charge is 0.341 e. The molecule has 4 nitrogen and oxygen atoms in total. The standard InChI is InChI=1S/C9H21N3O/c1-9(2,3)7(5-6-10)12-8(13)11-4/h7H,5-6,10H2,1-4H3,(H2,11,12,13). The Hall–Kier alpha value is -0.770. The molecule has 0 rings (SSSR count). The topological polar surface area (TPSA) is 67.2 Å². The van der Waals surface area contributed by atoms with Gasteiger partial charge in [0.25, 0.3) is 0 Å². The van der Waals surface area contributed by atoms with Crippen molar-refractivity contribution < 1.29 is 4.79 Å². The molecule has 0 saturated carbocycles. The van der Waals surface area contributed by atoms with Crippen molar-refractivity contribution in [3.05, 3.63) is 0 Å². The molecule has 0 heterocycles. The van der Waals surface area contributed by atoms with Crippen LogP contribution in [-0.4, -0.2) is 25.7 Å². The van der Waals surface area contributed by atoms with Crippen molar-refractivity contribution in [2.24, 2.45) is 11.1 Å². The van der Waals surface area contributed by atoms with Gasteiger partial charge in [-0.3, -0.25) is 0 Å². The number of hydrogen-bond donors (Lipinski definition) is 3. The SMILES string of the molecule is CNC(=O)NC(CCN)C(C)(C)C. The predicted molar refractivity (Wildman–Crippen MR) is 54.5 cm³/mol. The van der Waals surface area contributed by atoms with Crippen molar-refractivity contribution in [1.29, 1.82) is 0 Å². The summed E-state index contributed by atoms with van der Waals surface area (Å²) in [4.78, 5) is 11.1. The zero-order valence-electron chi connectivity index (χ0n) is 8.98. The summed E-state index contributed by atoms with van der Waals surface area (Å²) < 4.78 is 0. The molecule has 4 N–H and O–H groups in total. The van der Waals surface area contributed by atoms with Gasteiger partial charge in [-0.05, 0) is 18.4 Å². The van der Waals surface area contributed by atoms with Crippen LogP contribution in [0.25, 0.3) is 0 Å². The molecular formula is C9H21N3O. The molecule has 1 atom stereocenters. The van der Waals surface area contributed by atoms with Gasteiger partial charge in [0.2, 0.25) is 0 Å². The number of hydrogen-bond acceptors (Lipinski definition) is 2. The maximum atomic E-state index is 11.1. The Bertz CT molecular complexity index is 163. The van der Waals surface area contributed by atoms with Crippen LogP contribution in [0.4, 0.5) is 4.79 Å². The lowest BCUT2D eigenvalue weighted by Crippen LogP contribution is -2.48. The van der Waals surface area contributed by atoms with Crippen LogP contribution in [0.1, 0.15) is 27.2 Å². The van der Waals surface area contributed by atoms with E-state index in [1.54, 1.807) is 7.05 Å². The summed E-state index contributed by atoms with van der Waals surface area (Å²) in [6.45, 7) is 6.85. The maximum Gasteiger partial charge on any atom is 0.314 e. The Labute approximate surface area is 80.3 Å². The van der Waals surface area contributed by atoms with Gasteiger partial charge in [0.15, 0.2) is 0 Å². The number of nitrogens with two attached hydrogens (primary N) is 1. The van der Waals surface area contributed by atoms with Crippen LogP contribution in [0.2, 0.25) is 0 Å². The van der Waals surface area contributed by atoms with E-state index < -0.39 is 0 Å². The molecule has 13 heavy (non-hydrogen) atoms. The molecule has 1 unspecified atom stereocenters. The molecule has 0 aliphatic rings. The van der Waals surface area contributed by atoms with E-state index in [1.165, 1.54) is 0 Å². The normalized spacial score (nSPS) is 13.6. The van der Waals surface area contributed by atoms with E-state index in [0.717, 1.165) is 6.42 Å². The van der Waals surface area contributed by atoms with E-state index in [2.05, 4.69) is 31.4 Å². The van der Waals surface area contributed by atoms with Gasteiger partial charge >= 0.3 is 6.03 Å². The number of carbonyl (C=O) groups is 1. The summed E-state index contributed by atoms with van der Waals surface area (Å²) in [6.07, 6.45) is 0.802. The van der Waals surface area contributed by atoms with Crippen molar-refractivity contribution >= 4 is 6.03 Å². The predicted octanol–water partition coefficient (Wildman–Crippen LogP) is 0.679. The molecule has 78 valence electrons. The molecule has 0 aromatic carbocycles. The minimum Gasteiger partial charge on any atom is -0.341 e. The summed E-state index contributed by atoms with van der Waals surface area (Å²) in [5.41, 5.74) is 5.52. The second kappa shape index (κ2) is 5.07. The number of amides is 2. The Morgan fingerprint density at radius 2 is 2.00 bits per heavy atom. The summed E-state index contributed by atoms with van der Waals surface area (Å²) >= 11 is 0.